The molecular weight excluding hydrogens is 214 g/mol. The van der Waals surface area contributed by atoms with Gasteiger partial charge in [0.05, 0.1) is 11.4 Å². The van der Waals surface area contributed by atoms with Crippen LogP contribution in [0.15, 0.2) is 18.2 Å². The predicted molar refractivity (Wildman–Crippen MR) is 62.9 cm³/mol. The number of nitrogen functional groups attached to an aromatic ring is 1. The number of nitrogens with two attached hydrogens (primary N) is 2. The molecule has 0 aliphatic heterocycles. The van der Waals surface area contributed by atoms with Gasteiger partial charge in [-0.15, -0.1) is 0 Å². The summed E-state index contributed by atoms with van der Waals surface area (Å²) in [6, 6.07) is 5.22. The number of nitrogens with zero attached hydrogens (tertiary/aromatic N) is 1. The molecule has 1 rings (SSSR count). The molecule has 4 nitrogen and oxygen atoms in total. The molecule has 0 heterocycles. The molecule has 0 aromatic heterocycles. The van der Waals surface area contributed by atoms with Crippen LogP contribution in [0.25, 0.3) is 0 Å². The molecule has 0 fully saturated rings. The van der Waals surface area contributed by atoms with Gasteiger partial charge in [0.25, 0.3) is 0 Å². The van der Waals surface area contributed by atoms with Crippen LogP contribution in [0.1, 0.15) is 6.42 Å². The Hall–Kier alpha value is -1.42. The van der Waals surface area contributed by atoms with E-state index in [1.165, 1.54) is 0 Å². The Morgan fingerprint density at radius 2 is 2.20 bits per heavy atom. The second kappa shape index (κ2) is 4.89. The van der Waals surface area contributed by atoms with Crippen molar-refractivity contribution in [1.29, 1.82) is 0 Å². The lowest BCUT2D eigenvalue weighted by atomic mass is 10.2. The molecule has 1 aromatic carbocycles. The summed E-state index contributed by atoms with van der Waals surface area (Å²) in [6.07, 6.45) is 0.294. The second-order valence-corrected chi connectivity index (χ2v) is 3.78. The van der Waals surface area contributed by atoms with E-state index in [0.717, 1.165) is 5.69 Å². The molecule has 0 unspecified atom stereocenters. The molecule has 4 N–H and O–H groups in total. The van der Waals surface area contributed by atoms with Crippen LogP contribution in [0.2, 0.25) is 5.02 Å². The van der Waals surface area contributed by atoms with Crippen molar-refractivity contribution < 1.29 is 4.79 Å². The van der Waals surface area contributed by atoms with Crippen LogP contribution in [-0.4, -0.2) is 19.5 Å². The van der Waals surface area contributed by atoms with E-state index in [-0.39, 0.29) is 5.91 Å². The molecule has 5 heteroatoms. The van der Waals surface area contributed by atoms with Crippen LogP contribution >= 0.6 is 11.6 Å². The van der Waals surface area contributed by atoms with Gasteiger partial charge in [0.15, 0.2) is 0 Å². The number of hydrogen-bond donors (Lipinski definition) is 2. The second-order valence-electron chi connectivity index (χ2n) is 3.34. The Morgan fingerprint density at radius 3 is 2.80 bits per heavy atom. The monoisotopic (exact) mass is 227 g/mol. The lowest BCUT2D eigenvalue weighted by Gasteiger charge is -2.20. The van der Waals surface area contributed by atoms with Crippen LogP contribution in [0.3, 0.4) is 0 Å². The number of primary amides is 1. The van der Waals surface area contributed by atoms with E-state index in [0.29, 0.717) is 23.7 Å². The number of anilines is 2. The first-order chi connectivity index (χ1) is 7.00. The third kappa shape index (κ3) is 3.32. The number of halogens is 1. The van der Waals surface area contributed by atoms with Crippen molar-refractivity contribution in [3.8, 4) is 0 Å². The van der Waals surface area contributed by atoms with Gasteiger partial charge in [-0.1, -0.05) is 11.6 Å². The fraction of sp³-hybridized carbons (Fsp3) is 0.300. The Morgan fingerprint density at radius 1 is 1.53 bits per heavy atom. The molecule has 82 valence electrons. The maximum absolute atomic E-state index is 10.6. The molecule has 1 aromatic rings. The zero-order chi connectivity index (χ0) is 11.4. The Labute approximate surface area is 93.8 Å². The van der Waals surface area contributed by atoms with E-state index in [1.807, 2.05) is 11.9 Å². The number of carbonyl (C=O) groups is 1. The van der Waals surface area contributed by atoms with Crippen molar-refractivity contribution in [3.63, 3.8) is 0 Å². The van der Waals surface area contributed by atoms with Crippen molar-refractivity contribution in [2.75, 3.05) is 24.2 Å². The minimum Gasteiger partial charge on any atom is -0.397 e. The summed E-state index contributed by atoms with van der Waals surface area (Å²) in [4.78, 5) is 12.5. The summed E-state index contributed by atoms with van der Waals surface area (Å²) < 4.78 is 0. The SMILES string of the molecule is CN(CCC(N)=O)c1cc(Cl)ccc1N. The minimum absolute atomic E-state index is 0.294. The van der Waals surface area contributed by atoms with E-state index in [4.69, 9.17) is 23.1 Å². The molecular formula is C10H14ClN3O. The first kappa shape index (κ1) is 11.7. The number of carbonyl (C=O) groups excluding carboxylic acids is 1. The van der Waals surface area contributed by atoms with Crippen LogP contribution < -0.4 is 16.4 Å². The third-order valence-electron chi connectivity index (χ3n) is 2.10. The summed E-state index contributed by atoms with van der Waals surface area (Å²) in [5.41, 5.74) is 12.3. The highest BCUT2D eigenvalue weighted by molar-refractivity contribution is 6.31. The van der Waals surface area contributed by atoms with E-state index >= 15 is 0 Å². The smallest absolute Gasteiger partial charge is 0.219 e. The maximum atomic E-state index is 10.6. The van der Waals surface area contributed by atoms with Crippen LogP contribution in [0, 0.1) is 0 Å². The van der Waals surface area contributed by atoms with Crippen molar-refractivity contribution in [1.82, 2.24) is 0 Å². The zero-order valence-corrected chi connectivity index (χ0v) is 9.29. The number of hydrogen-bond acceptors (Lipinski definition) is 3. The fourth-order valence-corrected chi connectivity index (χ4v) is 1.41. The highest BCUT2D eigenvalue weighted by Crippen LogP contribution is 2.25. The van der Waals surface area contributed by atoms with Crippen molar-refractivity contribution in [2.45, 2.75) is 6.42 Å². The highest BCUT2D eigenvalue weighted by atomic mass is 35.5. The maximum Gasteiger partial charge on any atom is 0.219 e. The van der Waals surface area contributed by atoms with Crippen LogP contribution in [0.5, 0.6) is 0 Å². The molecule has 0 aliphatic carbocycles. The fourth-order valence-electron chi connectivity index (χ4n) is 1.25. The van der Waals surface area contributed by atoms with Crippen molar-refractivity contribution >= 4 is 28.9 Å². The van der Waals surface area contributed by atoms with Crippen LogP contribution in [0.4, 0.5) is 11.4 Å². The Kier molecular flexibility index (Phi) is 3.80. The molecule has 0 bridgehead atoms. The minimum atomic E-state index is -0.331. The summed E-state index contributed by atoms with van der Waals surface area (Å²) in [5, 5.41) is 0.616. The van der Waals surface area contributed by atoms with Gasteiger partial charge in [0, 0.05) is 25.0 Å². The molecule has 0 radical (unpaired) electrons. The number of benzene rings is 1. The van der Waals surface area contributed by atoms with Gasteiger partial charge >= 0.3 is 0 Å². The average Bonchev–Trinajstić information content (AvgIpc) is 2.18. The average molecular weight is 228 g/mol. The highest BCUT2D eigenvalue weighted by Gasteiger charge is 2.06. The largest absolute Gasteiger partial charge is 0.397 e. The molecule has 0 saturated carbocycles. The Balaban J connectivity index is 2.76. The topological polar surface area (TPSA) is 72.3 Å². The van der Waals surface area contributed by atoms with Gasteiger partial charge in [0.1, 0.15) is 0 Å². The molecule has 1 amide bonds. The van der Waals surface area contributed by atoms with E-state index in [9.17, 15) is 4.79 Å². The van der Waals surface area contributed by atoms with Gasteiger partial charge in [-0.25, -0.2) is 0 Å². The van der Waals surface area contributed by atoms with Gasteiger partial charge in [-0.3, -0.25) is 4.79 Å². The number of amides is 1. The summed E-state index contributed by atoms with van der Waals surface area (Å²) in [5.74, 6) is -0.331. The lowest BCUT2D eigenvalue weighted by molar-refractivity contribution is -0.117. The molecule has 0 aliphatic rings. The van der Waals surface area contributed by atoms with E-state index in [1.54, 1.807) is 18.2 Å². The van der Waals surface area contributed by atoms with Crippen LogP contribution in [-0.2, 0) is 4.79 Å². The summed E-state index contributed by atoms with van der Waals surface area (Å²) in [6.45, 7) is 0.528. The van der Waals surface area contributed by atoms with Gasteiger partial charge in [-0.2, -0.15) is 0 Å². The zero-order valence-electron chi connectivity index (χ0n) is 8.53. The molecule has 15 heavy (non-hydrogen) atoms. The van der Waals surface area contributed by atoms with Gasteiger partial charge < -0.3 is 16.4 Å². The van der Waals surface area contributed by atoms with Crippen molar-refractivity contribution in [3.05, 3.63) is 23.2 Å². The van der Waals surface area contributed by atoms with E-state index < -0.39 is 0 Å². The first-order valence-corrected chi connectivity index (χ1v) is 4.93. The van der Waals surface area contributed by atoms with Crippen molar-refractivity contribution in [2.24, 2.45) is 5.73 Å². The molecule has 0 spiro atoms. The Bertz CT molecular complexity index is 368. The lowest BCUT2D eigenvalue weighted by Crippen LogP contribution is -2.24. The summed E-state index contributed by atoms with van der Waals surface area (Å²) >= 11 is 5.85. The van der Waals surface area contributed by atoms with Gasteiger partial charge in [0.2, 0.25) is 5.91 Å². The number of rotatable bonds is 4. The summed E-state index contributed by atoms with van der Waals surface area (Å²) in [7, 11) is 1.84. The quantitative estimate of drug-likeness (QED) is 0.760. The molecule has 0 atom stereocenters. The molecule has 0 saturated heterocycles. The van der Waals surface area contributed by atoms with Gasteiger partial charge in [-0.05, 0) is 18.2 Å². The predicted octanol–water partition coefficient (Wildman–Crippen LogP) is 1.23. The normalized spacial score (nSPS) is 10.0. The first-order valence-electron chi connectivity index (χ1n) is 4.55. The third-order valence-corrected chi connectivity index (χ3v) is 2.33. The standard InChI is InChI=1S/C10H14ClN3O/c1-14(5-4-10(13)15)9-6-7(11)2-3-8(9)12/h2-3,6H,4-5,12H2,1H3,(H2,13,15). The van der Waals surface area contributed by atoms with E-state index in [2.05, 4.69) is 0 Å².